The highest BCUT2D eigenvalue weighted by Gasteiger charge is 2.47. The highest BCUT2D eigenvalue weighted by Crippen LogP contribution is 2.44. The SMILES string of the molecule is Cc1ccc(C(=O)N2CCSC23CCN(C(=O)Nc2ccc(F)c(F)c2)CC3)cc1. The fourth-order valence-electron chi connectivity index (χ4n) is 4.00. The molecule has 2 fully saturated rings. The molecule has 1 spiro atoms. The van der Waals surface area contributed by atoms with Crippen molar-refractivity contribution in [3.05, 3.63) is 65.2 Å². The highest BCUT2D eigenvalue weighted by molar-refractivity contribution is 8.00. The third-order valence-corrected chi connectivity index (χ3v) is 7.28. The Hall–Kier alpha value is -2.61. The smallest absolute Gasteiger partial charge is 0.321 e. The summed E-state index contributed by atoms with van der Waals surface area (Å²) in [6.45, 7) is 3.65. The van der Waals surface area contributed by atoms with Crippen LogP contribution in [0.4, 0.5) is 19.3 Å². The predicted octanol–water partition coefficient (Wildman–Crippen LogP) is 4.49. The fourth-order valence-corrected chi connectivity index (χ4v) is 5.45. The van der Waals surface area contributed by atoms with E-state index in [0.717, 1.165) is 23.4 Å². The van der Waals surface area contributed by atoms with Gasteiger partial charge in [0.25, 0.3) is 5.91 Å². The first kappa shape index (κ1) is 20.7. The topological polar surface area (TPSA) is 52.7 Å². The maximum atomic E-state index is 13.4. The van der Waals surface area contributed by atoms with Crippen LogP contribution < -0.4 is 5.32 Å². The van der Waals surface area contributed by atoms with Crippen LogP contribution >= 0.6 is 11.8 Å². The molecule has 1 N–H and O–H groups in total. The van der Waals surface area contributed by atoms with Crippen molar-refractivity contribution in [2.75, 3.05) is 30.7 Å². The molecule has 3 amide bonds. The average molecular weight is 432 g/mol. The Morgan fingerprint density at radius 2 is 1.70 bits per heavy atom. The molecule has 2 aliphatic heterocycles. The van der Waals surface area contributed by atoms with Crippen LogP contribution in [0.2, 0.25) is 0 Å². The second-order valence-electron chi connectivity index (χ2n) is 7.66. The number of nitrogens with zero attached hydrogens (tertiary/aromatic N) is 2. The Kier molecular flexibility index (Phi) is 5.69. The minimum Gasteiger partial charge on any atom is -0.324 e. The van der Waals surface area contributed by atoms with Gasteiger partial charge < -0.3 is 15.1 Å². The zero-order valence-electron chi connectivity index (χ0n) is 16.7. The van der Waals surface area contributed by atoms with E-state index in [1.165, 1.54) is 6.07 Å². The van der Waals surface area contributed by atoms with E-state index in [1.54, 1.807) is 16.7 Å². The van der Waals surface area contributed by atoms with Crippen LogP contribution in [0.5, 0.6) is 0 Å². The van der Waals surface area contributed by atoms with Crippen LogP contribution in [0.25, 0.3) is 0 Å². The van der Waals surface area contributed by atoms with Crippen LogP contribution in [-0.4, -0.2) is 52.0 Å². The van der Waals surface area contributed by atoms with Gasteiger partial charge in [0.2, 0.25) is 0 Å². The Balaban J connectivity index is 1.40. The lowest BCUT2D eigenvalue weighted by Crippen LogP contribution is -2.54. The third-order valence-electron chi connectivity index (χ3n) is 5.72. The van der Waals surface area contributed by atoms with Crippen LogP contribution in [0, 0.1) is 18.6 Å². The lowest BCUT2D eigenvalue weighted by molar-refractivity contribution is 0.0585. The van der Waals surface area contributed by atoms with Gasteiger partial charge in [-0.2, -0.15) is 0 Å². The van der Waals surface area contributed by atoms with Gasteiger partial charge in [0, 0.05) is 42.7 Å². The minimum atomic E-state index is -1.00. The molecule has 0 atom stereocenters. The fraction of sp³-hybridized carbons (Fsp3) is 0.364. The summed E-state index contributed by atoms with van der Waals surface area (Å²) in [7, 11) is 0. The number of rotatable bonds is 2. The molecule has 4 rings (SSSR count). The maximum Gasteiger partial charge on any atom is 0.321 e. The lowest BCUT2D eigenvalue weighted by Gasteiger charge is -2.44. The first-order valence-electron chi connectivity index (χ1n) is 9.92. The molecule has 8 heteroatoms. The number of urea groups is 1. The molecule has 0 radical (unpaired) electrons. The standard InChI is InChI=1S/C22H23F2N3O2S/c1-15-2-4-16(5-3-15)20(28)27-12-13-30-22(27)8-10-26(11-9-22)21(29)25-17-6-7-18(23)19(24)14-17/h2-7,14H,8-13H2,1H3,(H,25,29). The van der Waals surface area contributed by atoms with E-state index in [0.29, 0.717) is 38.0 Å². The van der Waals surface area contributed by atoms with E-state index >= 15 is 0 Å². The van der Waals surface area contributed by atoms with Gasteiger partial charge in [-0.1, -0.05) is 17.7 Å². The zero-order valence-corrected chi connectivity index (χ0v) is 17.5. The van der Waals surface area contributed by atoms with Gasteiger partial charge in [0.15, 0.2) is 11.6 Å². The van der Waals surface area contributed by atoms with Crippen LogP contribution in [0.3, 0.4) is 0 Å². The van der Waals surface area contributed by atoms with E-state index in [4.69, 9.17) is 0 Å². The molecule has 2 heterocycles. The van der Waals surface area contributed by atoms with Crippen molar-refractivity contribution in [1.29, 1.82) is 0 Å². The van der Waals surface area contributed by atoms with Gasteiger partial charge in [-0.15, -0.1) is 11.8 Å². The summed E-state index contributed by atoms with van der Waals surface area (Å²) in [6, 6.07) is 10.5. The van der Waals surface area contributed by atoms with E-state index in [1.807, 2.05) is 36.1 Å². The third kappa shape index (κ3) is 4.01. The molecule has 0 saturated carbocycles. The number of amides is 3. The molecule has 158 valence electrons. The molecule has 0 aliphatic carbocycles. The molecule has 0 bridgehead atoms. The number of anilines is 1. The van der Waals surface area contributed by atoms with Gasteiger partial charge >= 0.3 is 6.03 Å². The number of hydrogen-bond donors (Lipinski definition) is 1. The molecule has 30 heavy (non-hydrogen) atoms. The van der Waals surface area contributed by atoms with E-state index < -0.39 is 11.6 Å². The van der Waals surface area contributed by atoms with Crippen molar-refractivity contribution in [3.8, 4) is 0 Å². The first-order chi connectivity index (χ1) is 14.4. The summed E-state index contributed by atoms with van der Waals surface area (Å²) in [5, 5.41) is 2.62. The largest absolute Gasteiger partial charge is 0.324 e. The number of aryl methyl sites for hydroxylation is 1. The quantitative estimate of drug-likeness (QED) is 0.763. The second-order valence-corrected chi connectivity index (χ2v) is 9.12. The molecule has 2 saturated heterocycles. The Morgan fingerprint density at radius 3 is 2.37 bits per heavy atom. The Morgan fingerprint density at radius 1 is 1.00 bits per heavy atom. The summed E-state index contributed by atoms with van der Waals surface area (Å²) in [6.07, 6.45) is 1.33. The summed E-state index contributed by atoms with van der Waals surface area (Å²) < 4.78 is 26.4. The predicted molar refractivity (Wildman–Crippen MR) is 114 cm³/mol. The monoisotopic (exact) mass is 431 g/mol. The van der Waals surface area contributed by atoms with E-state index in [2.05, 4.69) is 5.32 Å². The number of likely N-dealkylation sites (tertiary alicyclic amines) is 1. The van der Waals surface area contributed by atoms with Gasteiger partial charge in [-0.05, 0) is 44.0 Å². The van der Waals surface area contributed by atoms with Crippen LogP contribution in [0.15, 0.2) is 42.5 Å². The zero-order chi connectivity index (χ0) is 21.3. The van der Waals surface area contributed by atoms with Gasteiger partial charge in [-0.3, -0.25) is 4.79 Å². The van der Waals surface area contributed by atoms with Gasteiger partial charge in [-0.25, -0.2) is 13.6 Å². The number of nitrogens with one attached hydrogen (secondary N) is 1. The maximum absolute atomic E-state index is 13.4. The molecule has 0 unspecified atom stereocenters. The lowest BCUT2D eigenvalue weighted by atomic mass is 10.0. The Labute approximate surface area is 178 Å². The number of halogens is 2. The summed E-state index contributed by atoms with van der Waals surface area (Å²) in [4.78, 5) is 28.9. The molecule has 2 aromatic rings. The van der Waals surface area contributed by atoms with Gasteiger partial charge in [0.05, 0.1) is 4.87 Å². The van der Waals surface area contributed by atoms with E-state index in [-0.39, 0.29) is 22.5 Å². The molecule has 5 nitrogen and oxygen atoms in total. The van der Waals surface area contributed by atoms with Crippen molar-refractivity contribution in [3.63, 3.8) is 0 Å². The van der Waals surface area contributed by atoms with Crippen molar-refractivity contribution in [1.82, 2.24) is 9.80 Å². The summed E-state index contributed by atoms with van der Waals surface area (Å²) >= 11 is 1.78. The molecule has 0 aromatic heterocycles. The van der Waals surface area contributed by atoms with Crippen molar-refractivity contribution in [2.24, 2.45) is 0 Å². The number of carbonyl (C=O) groups is 2. The number of thioether (sulfide) groups is 1. The summed E-state index contributed by atoms with van der Waals surface area (Å²) in [5.41, 5.74) is 2.00. The van der Waals surface area contributed by atoms with Crippen molar-refractivity contribution < 1.29 is 18.4 Å². The average Bonchev–Trinajstić information content (AvgIpc) is 3.14. The highest BCUT2D eigenvalue weighted by atomic mass is 32.2. The minimum absolute atomic E-state index is 0.0275. The number of carbonyl (C=O) groups excluding carboxylic acids is 2. The number of hydrogen-bond acceptors (Lipinski definition) is 3. The number of piperidine rings is 1. The van der Waals surface area contributed by atoms with Crippen LogP contribution in [0.1, 0.15) is 28.8 Å². The molecular formula is C22H23F2N3O2S. The van der Waals surface area contributed by atoms with Crippen LogP contribution in [-0.2, 0) is 0 Å². The Bertz CT molecular complexity index is 959. The molecule has 2 aromatic carbocycles. The van der Waals surface area contributed by atoms with Gasteiger partial charge in [0.1, 0.15) is 0 Å². The number of benzene rings is 2. The second kappa shape index (κ2) is 8.26. The van der Waals surface area contributed by atoms with Crippen molar-refractivity contribution in [2.45, 2.75) is 24.6 Å². The molecular weight excluding hydrogens is 408 g/mol. The first-order valence-corrected chi connectivity index (χ1v) is 10.9. The van der Waals surface area contributed by atoms with Crippen molar-refractivity contribution >= 4 is 29.4 Å². The van der Waals surface area contributed by atoms with E-state index in [9.17, 15) is 18.4 Å². The molecule has 2 aliphatic rings. The summed E-state index contributed by atoms with van der Waals surface area (Å²) in [5.74, 6) is -1.05. The normalized spacial score (nSPS) is 18.0.